The average Bonchev–Trinajstić information content (AvgIpc) is 2.52. The second-order valence-corrected chi connectivity index (χ2v) is 5.98. The van der Waals surface area contributed by atoms with Crippen LogP contribution in [0.4, 0.5) is 0 Å². The van der Waals surface area contributed by atoms with Gasteiger partial charge in [-0.05, 0) is 55.9 Å². The lowest BCUT2D eigenvalue weighted by Gasteiger charge is -2.26. The van der Waals surface area contributed by atoms with Crippen LogP contribution in [0.25, 0.3) is 0 Å². The van der Waals surface area contributed by atoms with Crippen LogP contribution in [-0.2, 0) is 6.42 Å². The first-order valence-corrected chi connectivity index (χ1v) is 7.72. The normalized spacial score (nSPS) is 17.8. The first kappa shape index (κ1) is 17.9. The molecule has 5 nitrogen and oxygen atoms in total. The molecule has 6 heteroatoms. The van der Waals surface area contributed by atoms with Gasteiger partial charge in [-0.15, -0.1) is 17.5 Å². The predicted octanol–water partition coefficient (Wildman–Crippen LogP) is 2.83. The molecule has 0 saturated heterocycles. The van der Waals surface area contributed by atoms with E-state index in [2.05, 4.69) is 47.5 Å². The maximum atomic E-state index is 5.43. The lowest BCUT2D eigenvalue weighted by atomic mass is 9.80. The molecule has 0 fully saturated rings. The molecule has 24 heavy (non-hydrogen) atoms. The number of nitrogens with two attached hydrogens (primary N) is 2. The van der Waals surface area contributed by atoms with Crippen LogP contribution in [0.15, 0.2) is 46.6 Å². The molecule has 1 aliphatic carbocycles. The smallest absolute Gasteiger partial charge is 0.211 e. The fourth-order valence-corrected chi connectivity index (χ4v) is 3.16. The second kappa shape index (κ2) is 7.45. The van der Waals surface area contributed by atoms with E-state index in [-0.39, 0.29) is 18.4 Å². The van der Waals surface area contributed by atoms with Crippen molar-refractivity contribution < 1.29 is 0 Å². The van der Waals surface area contributed by atoms with E-state index >= 15 is 0 Å². The van der Waals surface area contributed by atoms with Gasteiger partial charge in [-0.2, -0.15) is 5.10 Å². The molecule has 0 bridgehead atoms. The summed E-state index contributed by atoms with van der Waals surface area (Å²) in [7, 11) is 0. The minimum atomic E-state index is -0.0304. The Balaban J connectivity index is 0.00000208. The number of hydrogen-bond donors (Lipinski definition) is 2. The highest BCUT2D eigenvalue weighted by atomic mass is 35.5. The van der Waals surface area contributed by atoms with Crippen molar-refractivity contribution in [2.75, 3.05) is 0 Å². The summed E-state index contributed by atoms with van der Waals surface area (Å²) >= 11 is 0. The molecule has 0 amide bonds. The van der Waals surface area contributed by atoms with Gasteiger partial charge in [0.15, 0.2) is 0 Å². The lowest BCUT2D eigenvalue weighted by Crippen LogP contribution is -2.24. The summed E-state index contributed by atoms with van der Waals surface area (Å²) in [6.07, 6.45) is 1.71. The molecule has 4 N–H and O–H groups in total. The van der Waals surface area contributed by atoms with Crippen molar-refractivity contribution in [2.24, 2.45) is 21.7 Å². The van der Waals surface area contributed by atoms with Crippen molar-refractivity contribution in [1.29, 1.82) is 0 Å². The van der Waals surface area contributed by atoms with Gasteiger partial charge in [0.05, 0.1) is 11.4 Å². The van der Waals surface area contributed by atoms with Gasteiger partial charge < -0.3 is 11.5 Å². The number of hydrogen-bond acceptors (Lipinski definition) is 3. The molecule has 126 valence electrons. The average molecular weight is 344 g/mol. The molecular formula is C18H22ClN5. The van der Waals surface area contributed by atoms with Crippen LogP contribution in [0.1, 0.15) is 40.4 Å². The fraction of sp³-hybridized carbons (Fsp3) is 0.278. The summed E-state index contributed by atoms with van der Waals surface area (Å²) in [6, 6.07) is 12.5. The van der Waals surface area contributed by atoms with Crippen LogP contribution in [-0.4, -0.2) is 16.7 Å². The Hall–Kier alpha value is -2.40. The summed E-state index contributed by atoms with van der Waals surface area (Å²) in [6.45, 7) is 4.14. The van der Waals surface area contributed by atoms with E-state index in [1.54, 1.807) is 0 Å². The third kappa shape index (κ3) is 3.74. The molecule has 1 aromatic heterocycles. The van der Waals surface area contributed by atoms with E-state index in [0.29, 0.717) is 5.92 Å². The number of nitrogens with zero attached hydrogens (tertiary/aromatic N) is 3. The van der Waals surface area contributed by atoms with Crippen molar-refractivity contribution in [3.05, 3.63) is 64.5 Å². The zero-order chi connectivity index (χ0) is 16.4. The van der Waals surface area contributed by atoms with Crippen molar-refractivity contribution in [3.8, 4) is 0 Å². The van der Waals surface area contributed by atoms with Crippen molar-refractivity contribution >= 4 is 24.1 Å². The third-order valence-corrected chi connectivity index (χ3v) is 4.22. The molecular weight excluding hydrogens is 322 g/mol. The Morgan fingerprint density at radius 1 is 1.08 bits per heavy atom. The van der Waals surface area contributed by atoms with Crippen LogP contribution in [0, 0.1) is 13.8 Å². The number of guanidine groups is 1. The lowest BCUT2D eigenvalue weighted by molar-refractivity contribution is 0.672. The number of fused-ring (bicyclic) bond motifs is 1. The minimum Gasteiger partial charge on any atom is -0.369 e. The van der Waals surface area contributed by atoms with E-state index < -0.39 is 0 Å². The van der Waals surface area contributed by atoms with Crippen LogP contribution in [0.2, 0.25) is 0 Å². The molecule has 1 atom stereocenters. The summed E-state index contributed by atoms with van der Waals surface area (Å²) in [5, 5.41) is 8.13. The van der Waals surface area contributed by atoms with E-state index in [1.807, 2.05) is 13.0 Å². The quantitative estimate of drug-likeness (QED) is 0.499. The maximum Gasteiger partial charge on any atom is 0.211 e. The summed E-state index contributed by atoms with van der Waals surface area (Å²) in [4.78, 5) is 4.70. The van der Waals surface area contributed by atoms with Gasteiger partial charge in [-0.3, -0.25) is 4.98 Å². The molecule has 1 aliphatic rings. The molecule has 0 saturated carbocycles. The van der Waals surface area contributed by atoms with Crippen molar-refractivity contribution in [1.82, 2.24) is 4.98 Å². The number of pyridine rings is 1. The molecule has 1 unspecified atom stereocenters. The van der Waals surface area contributed by atoms with Crippen LogP contribution < -0.4 is 11.5 Å². The van der Waals surface area contributed by atoms with Crippen molar-refractivity contribution in [2.45, 2.75) is 32.6 Å². The van der Waals surface area contributed by atoms with E-state index in [0.717, 1.165) is 35.5 Å². The summed E-state index contributed by atoms with van der Waals surface area (Å²) in [5.41, 5.74) is 17.5. The predicted molar refractivity (Wildman–Crippen MR) is 101 cm³/mol. The number of halogens is 1. The highest BCUT2D eigenvalue weighted by Gasteiger charge is 2.27. The summed E-state index contributed by atoms with van der Waals surface area (Å²) in [5.74, 6) is 0.308. The Kier molecular flexibility index (Phi) is 5.57. The SMILES string of the molecule is Cc1ccc2c(n1)CC(c1ccccc1C)CC2=NN=C(N)N.Cl. The van der Waals surface area contributed by atoms with E-state index in [9.17, 15) is 0 Å². The Morgan fingerprint density at radius 3 is 2.54 bits per heavy atom. The van der Waals surface area contributed by atoms with Gasteiger partial charge in [-0.1, -0.05) is 24.3 Å². The van der Waals surface area contributed by atoms with E-state index in [1.165, 1.54) is 11.1 Å². The van der Waals surface area contributed by atoms with Gasteiger partial charge in [0.1, 0.15) is 0 Å². The van der Waals surface area contributed by atoms with Gasteiger partial charge in [0.2, 0.25) is 5.96 Å². The molecule has 0 aliphatic heterocycles. The summed E-state index contributed by atoms with van der Waals surface area (Å²) < 4.78 is 0. The van der Waals surface area contributed by atoms with E-state index in [4.69, 9.17) is 16.5 Å². The van der Waals surface area contributed by atoms with Crippen LogP contribution in [0.5, 0.6) is 0 Å². The highest BCUT2D eigenvalue weighted by molar-refractivity contribution is 6.03. The Morgan fingerprint density at radius 2 is 1.83 bits per heavy atom. The Labute approximate surface area is 148 Å². The van der Waals surface area contributed by atoms with Gasteiger partial charge in [0, 0.05) is 11.3 Å². The monoisotopic (exact) mass is 343 g/mol. The number of benzene rings is 1. The molecule has 0 spiro atoms. The van der Waals surface area contributed by atoms with Gasteiger partial charge >= 0.3 is 0 Å². The molecule has 2 aromatic rings. The number of aromatic nitrogens is 1. The Bertz CT molecular complexity index is 794. The fourth-order valence-electron chi connectivity index (χ4n) is 3.16. The third-order valence-electron chi connectivity index (χ3n) is 4.22. The molecule has 1 aromatic carbocycles. The van der Waals surface area contributed by atoms with Crippen LogP contribution in [0.3, 0.4) is 0 Å². The van der Waals surface area contributed by atoms with Gasteiger partial charge in [-0.25, -0.2) is 0 Å². The zero-order valence-electron chi connectivity index (χ0n) is 13.9. The first-order valence-electron chi connectivity index (χ1n) is 7.72. The number of rotatable bonds is 2. The molecule has 0 radical (unpaired) electrons. The second-order valence-electron chi connectivity index (χ2n) is 5.98. The maximum absolute atomic E-state index is 5.43. The van der Waals surface area contributed by atoms with Gasteiger partial charge in [0.25, 0.3) is 0 Å². The zero-order valence-corrected chi connectivity index (χ0v) is 14.7. The molecule has 1 heterocycles. The first-order chi connectivity index (χ1) is 11.0. The standard InChI is InChI=1S/C18H21N5.ClH/c1-11-5-3-4-6-14(11)13-9-16-15(8-7-12(2)21-16)17(10-13)22-23-18(19)20;/h3-8,13H,9-10H2,1-2H3,(H4,19,20,23);1H. The topological polar surface area (TPSA) is 89.6 Å². The largest absolute Gasteiger partial charge is 0.369 e. The highest BCUT2D eigenvalue weighted by Crippen LogP contribution is 2.33. The number of aryl methyl sites for hydroxylation is 2. The van der Waals surface area contributed by atoms with Crippen LogP contribution >= 0.6 is 12.4 Å². The molecule has 3 rings (SSSR count). The minimum absolute atomic E-state index is 0. The van der Waals surface area contributed by atoms with Crippen molar-refractivity contribution in [3.63, 3.8) is 0 Å².